The average Bonchev–Trinajstić information content (AvgIpc) is 2.04. The van der Waals surface area contributed by atoms with Gasteiger partial charge in [0.2, 0.25) is 0 Å². The third kappa shape index (κ3) is 2.47. The number of hydrogen-bond donors (Lipinski definition) is 1. The van der Waals surface area contributed by atoms with Gasteiger partial charge in [-0.1, -0.05) is 18.3 Å². The summed E-state index contributed by atoms with van der Waals surface area (Å²) < 4.78 is 0. The van der Waals surface area contributed by atoms with Crippen LogP contribution < -0.4 is 5.73 Å². The summed E-state index contributed by atoms with van der Waals surface area (Å²) in [6.07, 6.45) is 3.51. The minimum Gasteiger partial charge on any atom is -0.392 e. The smallest absolute Gasteiger partial charge is 0.0948 e. The average molecular weight is 195 g/mol. The molecule has 0 aliphatic carbocycles. The second-order valence-electron chi connectivity index (χ2n) is 3.05. The van der Waals surface area contributed by atoms with Crippen LogP contribution in [0.25, 0.3) is 0 Å². The molecule has 0 radical (unpaired) electrons. The number of rotatable bonds is 3. The molecular formula is C9H13N3S. The van der Waals surface area contributed by atoms with E-state index in [0.29, 0.717) is 4.99 Å². The van der Waals surface area contributed by atoms with Gasteiger partial charge in [0.15, 0.2) is 0 Å². The normalized spacial score (nSPS) is 12.8. The quantitative estimate of drug-likeness (QED) is 0.730. The Morgan fingerprint density at radius 1 is 1.62 bits per heavy atom. The van der Waals surface area contributed by atoms with Crippen molar-refractivity contribution in [2.75, 3.05) is 14.1 Å². The Kier molecular flexibility index (Phi) is 3.33. The first-order chi connectivity index (χ1) is 6.13. The number of hydrogen-bond acceptors (Lipinski definition) is 3. The number of likely N-dealkylation sites (N-methyl/N-ethyl adjacent to an activating group) is 1. The lowest BCUT2D eigenvalue weighted by atomic mass is 10.1. The highest BCUT2D eigenvalue weighted by atomic mass is 32.1. The standard InChI is InChI=1S/C9H13N3S/c1-12(2)8(9(10)13)7-4-3-5-11-6-7/h3-6,8H,1-2H3,(H2,10,13). The van der Waals surface area contributed by atoms with Crippen LogP contribution >= 0.6 is 12.2 Å². The molecule has 0 aliphatic rings. The zero-order valence-electron chi connectivity index (χ0n) is 7.77. The van der Waals surface area contributed by atoms with Crippen LogP contribution in [0.15, 0.2) is 24.5 Å². The topological polar surface area (TPSA) is 42.1 Å². The Morgan fingerprint density at radius 3 is 2.69 bits per heavy atom. The van der Waals surface area contributed by atoms with Crippen LogP contribution in [0.2, 0.25) is 0 Å². The maximum absolute atomic E-state index is 5.63. The van der Waals surface area contributed by atoms with Gasteiger partial charge in [0, 0.05) is 12.4 Å². The van der Waals surface area contributed by atoms with Crippen molar-refractivity contribution in [2.24, 2.45) is 5.73 Å². The van der Waals surface area contributed by atoms with Crippen molar-refractivity contribution in [1.82, 2.24) is 9.88 Å². The monoisotopic (exact) mass is 195 g/mol. The molecule has 1 atom stereocenters. The summed E-state index contributed by atoms with van der Waals surface area (Å²) >= 11 is 4.98. The number of thiocarbonyl (C=S) groups is 1. The second-order valence-corrected chi connectivity index (χ2v) is 3.53. The van der Waals surface area contributed by atoms with Crippen LogP contribution in [-0.2, 0) is 0 Å². The van der Waals surface area contributed by atoms with Gasteiger partial charge in [-0.3, -0.25) is 9.88 Å². The molecule has 0 saturated heterocycles. The van der Waals surface area contributed by atoms with Gasteiger partial charge in [-0.05, 0) is 25.7 Å². The van der Waals surface area contributed by atoms with Crippen LogP contribution in [0, 0.1) is 0 Å². The number of aromatic nitrogens is 1. The molecule has 70 valence electrons. The maximum atomic E-state index is 5.63. The summed E-state index contributed by atoms with van der Waals surface area (Å²) in [6.45, 7) is 0. The summed E-state index contributed by atoms with van der Waals surface area (Å²) in [6, 6.07) is 3.82. The SMILES string of the molecule is CN(C)C(C(N)=S)c1cccnc1. The van der Waals surface area contributed by atoms with Gasteiger partial charge < -0.3 is 5.73 Å². The van der Waals surface area contributed by atoms with E-state index < -0.39 is 0 Å². The molecule has 0 amide bonds. The van der Waals surface area contributed by atoms with Crippen molar-refractivity contribution in [3.63, 3.8) is 0 Å². The van der Waals surface area contributed by atoms with Crippen molar-refractivity contribution in [3.05, 3.63) is 30.1 Å². The highest BCUT2D eigenvalue weighted by Gasteiger charge is 2.16. The molecule has 13 heavy (non-hydrogen) atoms. The van der Waals surface area contributed by atoms with Crippen molar-refractivity contribution >= 4 is 17.2 Å². The van der Waals surface area contributed by atoms with E-state index in [1.165, 1.54) is 0 Å². The first kappa shape index (κ1) is 10.1. The fourth-order valence-electron chi connectivity index (χ4n) is 1.25. The molecule has 0 aliphatic heterocycles. The van der Waals surface area contributed by atoms with E-state index in [1.807, 2.05) is 31.1 Å². The first-order valence-corrected chi connectivity index (χ1v) is 4.39. The molecule has 0 saturated carbocycles. The highest BCUT2D eigenvalue weighted by Crippen LogP contribution is 2.16. The van der Waals surface area contributed by atoms with Gasteiger partial charge in [-0.15, -0.1) is 0 Å². The third-order valence-corrected chi connectivity index (χ3v) is 2.01. The Labute approximate surface area is 83.6 Å². The zero-order chi connectivity index (χ0) is 9.84. The van der Waals surface area contributed by atoms with Gasteiger partial charge in [-0.25, -0.2) is 0 Å². The van der Waals surface area contributed by atoms with E-state index in [9.17, 15) is 0 Å². The Hall–Kier alpha value is -1.00. The van der Waals surface area contributed by atoms with Crippen LogP contribution in [-0.4, -0.2) is 29.0 Å². The van der Waals surface area contributed by atoms with Crippen LogP contribution in [0.4, 0.5) is 0 Å². The van der Waals surface area contributed by atoms with Crippen LogP contribution in [0.5, 0.6) is 0 Å². The molecule has 4 heteroatoms. The maximum Gasteiger partial charge on any atom is 0.0948 e. The number of nitrogens with zero attached hydrogens (tertiary/aromatic N) is 2. The van der Waals surface area contributed by atoms with Crippen molar-refractivity contribution in [2.45, 2.75) is 6.04 Å². The van der Waals surface area contributed by atoms with E-state index in [-0.39, 0.29) is 6.04 Å². The Morgan fingerprint density at radius 2 is 2.31 bits per heavy atom. The highest BCUT2D eigenvalue weighted by molar-refractivity contribution is 7.80. The molecule has 1 aromatic rings. The van der Waals surface area contributed by atoms with E-state index in [2.05, 4.69) is 4.98 Å². The molecular weight excluding hydrogens is 182 g/mol. The number of nitrogens with two attached hydrogens (primary N) is 1. The summed E-state index contributed by atoms with van der Waals surface area (Å²) in [7, 11) is 3.88. The summed E-state index contributed by atoms with van der Waals surface area (Å²) in [4.78, 5) is 6.47. The molecule has 2 N–H and O–H groups in total. The summed E-state index contributed by atoms with van der Waals surface area (Å²) in [5.74, 6) is 0. The van der Waals surface area contributed by atoms with Gasteiger partial charge in [-0.2, -0.15) is 0 Å². The second kappa shape index (κ2) is 4.30. The minimum absolute atomic E-state index is 0.0244. The predicted molar refractivity (Wildman–Crippen MR) is 57.5 cm³/mol. The molecule has 0 bridgehead atoms. The van der Waals surface area contributed by atoms with Crippen molar-refractivity contribution in [1.29, 1.82) is 0 Å². The van der Waals surface area contributed by atoms with E-state index in [4.69, 9.17) is 18.0 Å². The minimum atomic E-state index is -0.0244. The predicted octanol–water partition coefficient (Wildman–Crippen LogP) is 0.970. The van der Waals surface area contributed by atoms with Gasteiger partial charge >= 0.3 is 0 Å². The molecule has 0 fully saturated rings. The van der Waals surface area contributed by atoms with E-state index in [0.717, 1.165) is 5.56 Å². The van der Waals surface area contributed by atoms with Crippen LogP contribution in [0.1, 0.15) is 11.6 Å². The Balaban J connectivity index is 2.96. The van der Waals surface area contributed by atoms with Crippen molar-refractivity contribution in [3.8, 4) is 0 Å². The molecule has 0 spiro atoms. The lowest BCUT2D eigenvalue weighted by Crippen LogP contribution is -2.31. The Bertz CT molecular complexity index is 284. The molecule has 1 unspecified atom stereocenters. The number of pyridine rings is 1. The van der Waals surface area contributed by atoms with Crippen molar-refractivity contribution < 1.29 is 0 Å². The van der Waals surface area contributed by atoms with E-state index in [1.54, 1.807) is 12.4 Å². The van der Waals surface area contributed by atoms with Gasteiger partial charge in [0.05, 0.1) is 11.0 Å². The van der Waals surface area contributed by atoms with E-state index >= 15 is 0 Å². The summed E-state index contributed by atoms with van der Waals surface area (Å²) in [5.41, 5.74) is 6.66. The third-order valence-electron chi connectivity index (χ3n) is 1.79. The molecule has 1 rings (SSSR count). The fraction of sp³-hybridized carbons (Fsp3) is 0.333. The molecule has 1 aromatic heterocycles. The first-order valence-electron chi connectivity index (χ1n) is 3.98. The summed E-state index contributed by atoms with van der Waals surface area (Å²) in [5, 5.41) is 0. The van der Waals surface area contributed by atoms with Gasteiger partial charge in [0.1, 0.15) is 0 Å². The largest absolute Gasteiger partial charge is 0.392 e. The molecule has 0 aromatic carbocycles. The molecule has 1 heterocycles. The molecule has 3 nitrogen and oxygen atoms in total. The lowest BCUT2D eigenvalue weighted by Gasteiger charge is -2.22. The van der Waals surface area contributed by atoms with Gasteiger partial charge in [0.25, 0.3) is 0 Å². The lowest BCUT2D eigenvalue weighted by molar-refractivity contribution is 0.370. The van der Waals surface area contributed by atoms with Crippen LogP contribution in [0.3, 0.4) is 0 Å². The zero-order valence-corrected chi connectivity index (χ0v) is 8.58. The fourth-order valence-corrected chi connectivity index (χ4v) is 1.60.